The average molecular weight is 491 g/mol. The Morgan fingerprint density at radius 3 is 1.06 bits per heavy atom. The fourth-order valence-electron chi connectivity index (χ4n) is 7.63. The van der Waals surface area contributed by atoms with Crippen LogP contribution >= 0.6 is 0 Å². The maximum Gasteiger partial charge on any atom is -0.0272 e. The normalized spacial score (nSPS) is 21.8. The highest BCUT2D eigenvalue weighted by Gasteiger charge is 2.42. The molecule has 0 saturated heterocycles. The number of hydrogen-bond donors (Lipinski definition) is 0. The van der Waals surface area contributed by atoms with E-state index < -0.39 is 0 Å². The van der Waals surface area contributed by atoms with Crippen molar-refractivity contribution in [2.45, 2.75) is 173 Å². The number of rotatable bonds is 11. The highest BCUT2D eigenvalue weighted by molar-refractivity contribution is 4.94. The molecule has 3 fully saturated rings. The SMILES string of the molecule is CC(C)CC1(C(C)C)CCC1.CC(C)CC1(CC(C)C)CC1.CC(C)CCC1(C(C)C)CCCC1. The van der Waals surface area contributed by atoms with Gasteiger partial charge in [0.15, 0.2) is 0 Å². The molecule has 0 heteroatoms. The summed E-state index contributed by atoms with van der Waals surface area (Å²) in [5.41, 5.74) is 2.26. The molecule has 0 unspecified atom stereocenters. The smallest absolute Gasteiger partial charge is 0.0272 e. The Kier molecular flexibility index (Phi) is 14.0. The van der Waals surface area contributed by atoms with Crippen molar-refractivity contribution in [3.63, 3.8) is 0 Å². The van der Waals surface area contributed by atoms with E-state index in [2.05, 4.69) is 83.1 Å². The van der Waals surface area contributed by atoms with E-state index in [9.17, 15) is 0 Å². The molecule has 0 heterocycles. The van der Waals surface area contributed by atoms with Crippen LogP contribution in [0.15, 0.2) is 0 Å². The Morgan fingerprint density at radius 2 is 0.829 bits per heavy atom. The molecule has 0 nitrogen and oxygen atoms in total. The predicted octanol–water partition coefficient (Wildman–Crippen LogP) is 12.4. The molecule has 0 aromatic heterocycles. The van der Waals surface area contributed by atoms with Crippen LogP contribution in [0.2, 0.25) is 0 Å². The molecular weight excluding hydrogens is 420 g/mol. The van der Waals surface area contributed by atoms with E-state index in [0.29, 0.717) is 0 Å². The van der Waals surface area contributed by atoms with Crippen molar-refractivity contribution in [1.82, 2.24) is 0 Å². The first-order chi connectivity index (χ1) is 16.2. The largest absolute Gasteiger partial charge is 0.0628 e. The minimum Gasteiger partial charge on any atom is -0.0628 e. The zero-order chi connectivity index (χ0) is 26.9. The van der Waals surface area contributed by atoms with Crippen molar-refractivity contribution >= 4 is 0 Å². The van der Waals surface area contributed by atoms with Crippen LogP contribution in [0.4, 0.5) is 0 Å². The van der Waals surface area contributed by atoms with Crippen molar-refractivity contribution in [3.05, 3.63) is 0 Å². The fourth-order valence-corrected chi connectivity index (χ4v) is 7.63. The minimum absolute atomic E-state index is 0.726. The second kappa shape index (κ2) is 14.8. The summed E-state index contributed by atoms with van der Waals surface area (Å²) in [6.45, 7) is 28.4. The highest BCUT2D eigenvalue weighted by atomic mass is 14.5. The molecule has 0 N–H and O–H groups in total. The molecule has 3 aliphatic carbocycles. The fraction of sp³-hybridized carbons (Fsp3) is 1.00. The van der Waals surface area contributed by atoms with E-state index in [-0.39, 0.29) is 0 Å². The summed E-state index contributed by atoms with van der Waals surface area (Å²) < 4.78 is 0. The van der Waals surface area contributed by atoms with Crippen LogP contribution < -0.4 is 0 Å². The second-order valence-corrected chi connectivity index (χ2v) is 15.8. The van der Waals surface area contributed by atoms with Crippen LogP contribution in [-0.2, 0) is 0 Å². The van der Waals surface area contributed by atoms with E-state index in [4.69, 9.17) is 0 Å². The molecule has 3 aliphatic rings. The maximum atomic E-state index is 2.42. The first-order valence-corrected chi connectivity index (χ1v) is 16.2. The molecule has 0 aromatic rings. The van der Waals surface area contributed by atoms with Crippen LogP contribution in [-0.4, -0.2) is 0 Å². The van der Waals surface area contributed by atoms with E-state index in [0.717, 1.165) is 51.8 Å². The molecule has 210 valence electrons. The third-order valence-corrected chi connectivity index (χ3v) is 10.1. The first-order valence-electron chi connectivity index (χ1n) is 16.2. The Balaban J connectivity index is 0.000000264. The van der Waals surface area contributed by atoms with E-state index in [1.54, 1.807) is 0 Å². The van der Waals surface area contributed by atoms with Gasteiger partial charge in [0.1, 0.15) is 0 Å². The van der Waals surface area contributed by atoms with Gasteiger partial charge in [-0.3, -0.25) is 0 Å². The van der Waals surface area contributed by atoms with Gasteiger partial charge in [-0.25, -0.2) is 0 Å². The second-order valence-electron chi connectivity index (χ2n) is 15.8. The van der Waals surface area contributed by atoms with Gasteiger partial charge in [0, 0.05) is 0 Å². The van der Waals surface area contributed by atoms with Gasteiger partial charge in [-0.15, -0.1) is 0 Å². The van der Waals surface area contributed by atoms with Crippen molar-refractivity contribution in [1.29, 1.82) is 0 Å². The zero-order valence-corrected chi connectivity index (χ0v) is 26.9. The van der Waals surface area contributed by atoms with E-state index in [1.807, 2.05) is 0 Å². The van der Waals surface area contributed by atoms with Crippen molar-refractivity contribution < 1.29 is 0 Å². The van der Waals surface area contributed by atoms with Crippen LogP contribution in [0.3, 0.4) is 0 Å². The summed E-state index contributed by atoms with van der Waals surface area (Å²) in [6.07, 6.45) is 20.7. The van der Waals surface area contributed by atoms with Crippen LogP contribution in [0.5, 0.6) is 0 Å². The summed E-state index contributed by atoms with van der Waals surface area (Å²) in [6, 6.07) is 0. The lowest BCUT2D eigenvalue weighted by molar-refractivity contribution is 0.0424. The van der Waals surface area contributed by atoms with Crippen molar-refractivity contribution in [2.24, 2.45) is 51.8 Å². The molecule has 0 amide bonds. The van der Waals surface area contributed by atoms with Crippen LogP contribution in [0.25, 0.3) is 0 Å². The molecule has 3 saturated carbocycles. The standard InChI is InChI=1S/C13H26.2C11H22/c1-11(2)7-10-13(12(3)4)8-5-6-9-13;1-9(2)7-11(5-6-11)8-10(3)4;1-9(2)8-11(10(3)4)6-5-7-11/h11-12H,5-10H2,1-4H3;2*9-10H,5-8H2,1-4H3. The lowest BCUT2D eigenvalue weighted by Gasteiger charge is -2.47. The Labute approximate surface area is 224 Å². The third-order valence-electron chi connectivity index (χ3n) is 10.1. The summed E-state index contributed by atoms with van der Waals surface area (Å²) in [4.78, 5) is 0. The molecule has 0 bridgehead atoms. The van der Waals surface area contributed by atoms with Gasteiger partial charge in [0.25, 0.3) is 0 Å². The van der Waals surface area contributed by atoms with Gasteiger partial charge >= 0.3 is 0 Å². The van der Waals surface area contributed by atoms with Gasteiger partial charge < -0.3 is 0 Å². The van der Waals surface area contributed by atoms with Gasteiger partial charge in [0.05, 0.1) is 0 Å². The predicted molar refractivity (Wildman–Crippen MR) is 161 cm³/mol. The van der Waals surface area contributed by atoms with Gasteiger partial charge in [-0.05, 0) is 116 Å². The zero-order valence-electron chi connectivity index (χ0n) is 26.9. The molecule has 0 radical (unpaired) electrons. The molecule has 0 aromatic carbocycles. The molecule has 0 aliphatic heterocycles. The quantitative estimate of drug-likeness (QED) is 0.270. The number of hydrogen-bond acceptors (Lipinski definition) is 0. The van der Waals surface area contributed by atoms with Crippen molar-refractivity contribution in [3.8, 4) is 0 Å². The summed E-state index contributed by atoms with van der Waals surface area (Å²) >= 11 is 0. The average Bonchev–Trinajstić information content (AvgIpc) is 3.23. The van der Waals surface area contributed by atoms with E-state index in [1.165, 1.54) is 89.9 Å². The van der Waals surface area contributed by atoms with E-state index >= 15 is 0 Å². The molecule has 0 spiro atoms. The molecular formula is C35H70. The van der Waals surface area contributed by atoms with Gasteiger partial charge in [-0.2, -0.15) is 0 Å². The summed E-state index contributed by atoms with van der Waals surface area (Å²) in [5, 5.41) is 0. The first kappa shape index (κ1) is 33.0. The lowest BCUT2D eigenvalue weighted by Crippen LogP contribution is -2.36. The topological polar surface area (TPSA) is 0 Å². The lowest BCUT2D eigenvalue weighted by atomic mass is 9.59. The molecule has 0 atom stereocenters. The molecule has 3 rings (SSSR count). The van der Waals surface area contributed by atoms with Gasteiger partial charge in [0.2, 0.25) is 0 Å². The monoisotopic (exact) mass is 491 g/mol. The Bertz CT molecular complexity index is 520. The van der Waals surface area contributed by atoms with Crippen LogP contribution in [0, 0.1) is 51.8 Å². The van der Waals surface area contributed by atoms with Crippen LogP contribution in [0.1, 0.15) is 173 Å². The summed E-state index contributed by atoms with van der Waals surface area (Å²) in [5.74, 6) is 5.37. The summed E-state index contributed by atoms with van der Waals surface area (Å²) in [7, 11) is 0. The Hall–Kier alpha value is 0. The molecule has 35 heavy (non-hydrogen) atoms. The van der Waals surface area contributed by atoms with Crippen molar-refractivity contribution in [2.75, 3.05) is 0 Å². The Morgan fingerprint density at radius 1 is 0.429 bits per heavy atom. The minimum atomic E-state index is 0.726. The third kappa shape index (κ3) is 11.5. The highest BCUT2D eigenvalue weighted by Crippen LogP contribution is 2.55. The van der Waals surface area contributed by atoms with Gasteiger partial charge in [-0.1, -0.05) is 109 Å². The maximum absolute atomic E-state index is 2.42.